The second kappa shape index (κ2) is 7.28. The van der Waals surface area contributed by atoms with Gasteiger partial charge in [0, 0.05) is 38.2 Å². The van der Waals surface area contributed by atoms with E-state index in [0.717, 1.165) is 62.2 Å². The molecule has 0 radical (unpaired) electrons. The van der Waals surface area contributed by atoms with Gasteiger partial charge >= 0.3 is 0 Å². The van der Waals surface area contributed by atoms with E-state index in [9.17, 15) is 0 Å². The van der Waals surface area contributed by atoms with Crippen LogP contribution in [0.2, 0.25) is 0 Å². The first-order valence-corrected chi connectivity index (χ1v) is 9.45. The van der Waals surface area contributed by atoms with Gasteiger partial charge in [-0.05, 0) is 44.7 Å². The normalized spacial score (nSPS) is 20.2. The predicted octanol–water partition coefficient (Wildman–Crippen LogP) is 3.04. The van der Waals surface area contributed by atoms with Gasteiger partial charge in [0.25, 0.3) is 0 Å². The third-order valence-electron chi connectivity index (χ3n) is 5.29. The van der Waals surface area contributed by atoms with Crippen LogP contribution in [0.1, 0.15) is 48.8 Å². The molecule has 2 fully saturated rings. The molecular weight excluding hydrogens is 324 g/mol. The molecule has 134 valence electrons. The summed E-state index contributed by atoms with van der Waals surface area (Å²) in [6, 6.07) is 9.97. The Balaban J connectivity index is 1.57. The van der Waals surface area contributed by atoms with Gasteiger partial charge < -0.3 is 9.80 Å². The van der Waals surface area contributed by atoms with Crippen LogP contribution in [0.5, 0.6) is 0 Å². The highest BCUT2D eigenvalue weighted by Crippen LogP contribution is 2.30. The molecule has 0 unspecified atom stereocenters. The standard InChI is InChI=1S/C20H24N6/c1-15-22-18(12-20(23-15)25-9-2-3-10-25)16-6-5-11-26(14-16)19-8-4-7-17(13-21)24-19/h4,7-8,12,16H,2-3,5-6,9-11,14H2,1H3/t16-/m1/s1. The minimum absolute atomic E-state index is 0.374. The summed E-state index contributed by atoms with van der Waals surface area (Å²) < 4.78 is 0. The predicted molar refractivity (Wildman–Crippen MR) is 101 cm³/mol. The van der Waals surface area contributed by atoms with Gasteiger partial charge in [0.2, 0.25) is 0 Å². The molecular formula is C20H24N6. The Morgan fingerprint density at radius 2 is 1.81 bits per heavy atom. The quantitative estimate of drug-likeness (QED) is 0.849. The van der Waals surface area contributed by atoms with Crippen LogP contribution in [0.15, 0.2) is 24.3 Å². The number of hydrogen-bond acceptors (Lipinski definition) is 6. The van der Waals surface area contributed by atoms with E-state index in [0.29, 0.717) is 11.6 Å². The van der Waals surface area contributed by atoms with E-state index >= 15 is 0 Å². The third kappa shape index (κ3) is 3.48. The van der Waals surface area contributed by atoms with E-state index < -0.39 is 0 Å². The fourth-order valence-corrected chi connectivity index (χ4v) is 3.98. The van der Waals surface area contributed by atoms with Gasteiger partial charge in [-0.15, -0.1) is 0 Å². The maximum absolute atomic E-state index is 9.10. The van der Waals surface area contributed by atoms with Crippen molar-refractivity contribution >= 4 is 11.6 Å². The first-order valence-electron chi connectivity index (χ1n) is 9.45. The second-order valence-electron chi connectivity index (χ2n) is 7.17. The summed E-state index contributed by atoms with van der Waals surface area (Å²) in [4.78, 5) is 18.5. The SMILES string of the molecule is Cc1nc([C@@H]2CCCN(c3cccc(C#N)n3)C2)cc(N2CCCC2)n1. The number of rotatable bonds is 3. The number of pyridine rings is 1. The molecule has 2 aromatic rings. The molecule has 2 aliphatic rings. The fraction of sp³-hybridized carbons (Fsp3) is 0.500. The molecule has 2 aromatic heterocycles. The van der Waals surface area contributed by atoms with Crippen molar-refractivity contribution in [3.05, 3.63) is 41.5 Å². The van der Waals surface area contributed by atoms with Gasteiger partial charge in [-0.25, -0.2) is 15.0 Å². The molecule has 26 heavy (non-hydrogen) atoms. The minimum atomic E-state index is 0.374. The lowest BCUT2D eigenvalue weighted by Gasteiger charge is -2.33. The monoisotopic (exact) mass is 348 g/mol. The van der Waals surface area contributed by atoms with Crippen LogP contribution >= 0.6 is 0 Å². The summed E-state index contributed by atoms with van der Waals surface area (Å²) in [7, 11) is 0. The molecule has 0 aromatic carbocycles. The van der Waals surface area contributed by atoms with Crippen molar-refractivity contribution in [2.75, 3.05) is 36.0 Å². The third-order valence-corrected chi connectivity index (χ3v) is 5.29. The molecule has 0 aliphatic carbocycles. The van der Waals surface area contributed by atoms with Crippen LogP contribution in [-0.4, -0.2) is 41.1 Å². The molecule has 6 heteroatoms. The topological polar surface area (TPSA) is 68.9 Å². The summed E-state index contributed by atoms with van der Waals surface area (Å²) in [6.45, 7) is 6.04. The van der Waals surface area contributed by atoms with Crippen LogP contribution in [0, 0.1) is 18.3 Å². The Bertz CT molecular complexity index is 821. The molecule has 2 aliphatic heterocycles. The Hall–Kier alpha value is -2.68. The van der Waals surface area contributed by atoms with Crippen molar-refractivity contribution in [3.8, 4) is 6.07 Å². The van der Waals surface area contributed by atoms with Crippen LogP contribution < -0.4 is 9.80 Å². The van der Waals surface area contributed by atoms with Crippen molar-refractivity contribution in [1.82, 2.24) is 15.0 Å². The molecule has 1 atom stereocenters. The number of nitriles is 1. The van der Waals surface area contributed by atoms with Crippen LogP contribution in [-0.2, 0) is 0 Å². The van der Waals surface area contributed by atoms with Crippen molar-refractivity contribution in [2.45, 2.75) is 38.5 Å². The maximum Gasteiger partial charge on any atom is 0.142 e. The minimum Gasteiger partial charge on any atom is -0.357 e. The van der Waals surface area contributed by atoms with Crippen LogP contribution in [0.4, 0.5) is 11.6 Å². The molecule has 4 rings (SSSR count). The fourth-order valence-electron chi connectivity index (χ4n) is 3.98. The summed E-state index contributed by atoms with van der Waals surface area (Å²) >= 11 is 0. The van der Waals surface area contributed by atoms with E-state index in [2.05, 4.69) is 31.9 Å². The number of piperidine rings is 1. The summed E-state index contributed by atoms with van der Waals surface area (Å²) in [5, 5.41) is 9.10. The molecule has 0 spiro atoms. The van der Waals surface area contributed by atoms with Gasteiger partial charge in [-0.1, -0.05) is 6.07 Å². The van der Waals surface area contributed by atoms with Crippen molar-refractivity contribution in [3.63, 3.8) is 0 Å². The van der Waals surface area contributed by atoms with Crippen molar-refractivity contribution < 1.29 is 0 Å². The van der Waals surface area contributed by atoms with Crippen molar-refractivity contribution in [1.29, 1.82) is 5.26 Å². The maximum atomic E-state index is 9.10. The molecule has 0 N–H and O–H groups in total. The van der Waals surface area contributed by atoms with Gasteiger partial charge in [0.05, 0.1) is 5.69 Å². The highest BCUT2D eigenvalue weighted by molar-refractivity contribution is 5.45. The Morgan fingerprint density at radius 1 is 1.00 bits per heavy atom. The molecule has 4 heterocycles. The summed E-state index contributed by atoms with van der Waals surface area (Å²) in [5.74, 6) is 3.19. The zero-order valence-corrected chi connectivity index (χ0v) is 15.2. The average molecular weight is 348 g/mol. The van der Waals surface area contributed by atoms with Gasteiger partial charge in [-0.2, -0.15) is 5.26 Å². The van der Waals surface area contributed by atoms with E-state index in [1.807, 2.05) is 19.1 Å². The Labute approximate surface area is 154 Å². The van der Waals surface area contributed by atoms with Crippen molar-refractivity contribution in [2.24, 2.45) is 0 Å². The number of hydrogen-bond donors (Lipinski definition) is 0. The zero-order valence-electron chi connectivity index (χ0n) is 15.2. The summed E-state index contributed by atoms with van der Waals surface area (Å²) in [5.41, 5.74) is 1.61. The molecule has 0 bridgehead atoms. The molecule has 0 saturated carbocycles. The number of aryl methyl sites for hydroxylation is 1. The highest BCUT2D eigenvalue weighted by atomic mass is 15.2. The molecule has 0 amide bonds. The number of aromatic nitrogens is 3. The zero-order chi connectivity index (χ0) is 17.9. The van der Waals surface area contributed by atoms with Crippen LogP contribution in [0.3, 0.4) is 0 Å². The molecule has 6 nitrogen and oxygen atoms in total. The van der Waals surface area contributed by atoms with Gasteiger partial charge in [-0.3, -0.25) is 0 Å². The Kier molecular flexibility index (Phi) is 4.70. The lowest BCUT2D eigenvalue weighted by atomic mass is 9.94. The van der Waals surface area contributed by atoms with E-state index in [1.54, 1.807) is 6.07 Å². The summed E-state index contributed by atoms with van der Waals surface area (Å²) in [6.07, 6.45) is 4.72. The number of anilines is 2. The van der Waals surface area contributed by atoms with E-state index in [1.165, 1.54) is 12.8 Å². The number of nitrogens with zero attached hydrogens (tertiary/aromatic N) is 6. The first kappa shape index (κ1) is 16.8. The lowest BCUT2D eigenvalue weighted by molar-refractivity contribution is 0.497. The van der Waals surface area contributed by atoms with Gasteiger partial charge in [0.1, 0.15) is 29.2 Å². The van der Waals surface area contributed by atoms with Crippen LogP contribution in [0.25, 0.3) is 0 Å². The lowest BCUT2D eigenvalue weighted by Crippen LogP contribution is -2.35. The van der Waals surface area contributed by atoms with Gasteiger partial charge in [0.15, 0.2) is 0 Å². The Morgan fingerprint density at radius 3 is 2.62 bits per heavy atom. The van der Waals surface area contributed by atoms with E-state index in [-0.39, 0.29) is 0 Å². The average Bonchev–Trinajstić information content (AvgIpc) is 3.23. The first-order chi connectivity index (χ1) is 12.7. The largest absolute Gasteiger partial charge is 0.357 e. The smallest absolute Gasteiger partial charge is 0.142 e. The molecule has 2 saturated heterocycles. The van der Waals surface area contributed by atoms with E-state index in [4.69, 9.17) is 10.2 Å². The second-order valence-corrected chi connectivity index (χ2v) is 7.17. The highest BCUT2D eigenvalue weighted by Gasteiger charge is 2.25.